The molecule has 1 N–H and O–H groups in total. The lowest BCUT2D eigenvalue weighted by atomic mass is 10.0. The van der Waals surface area contributed by atoms with Gasteiger partial charge in [0.05, 0.1) is 5.56 Å². The van der Waals surface area contributed by atoms with Gasteiger partial charge in [0, 0.05) is 5.56 Å². The Hall–Kier alpha value is -2.62. The van der Waals surface area contributed by atoms with Gasteiger partial charge in [-0.3, -0.25) is 4.79 Å². The highest BCUT2D eigenvalue weighted by molar-refractivity contribution is 5.90. The molecule has 0 aliphatic carbocycles. The lowest BCUT2D eigenvalue weighted by molar-refractivity contribution is -0.120. The Bertz CT molecular complexity index is 576. The van der Waals surface area contributed by atoms with E-state index in [-0.39, 0.29) is 17.8 Å². The molecule has 2 aromatic rings. The van der Waals surface area contributed by atoms with Crippen LogP contribution in [0, 0.1) is 0 Å². The molecule has 2 aromatic carbocycles. The molecule has 0 atom stereocenters. The van der Waals surface area contributed by atoms with E-state index in [2.05, 4.69) is 0 Å². The third kappa shape index (κ3) is 2.38. The first-order chi connectivity index (χ1) is 8.72. The molecule has 4 nitrogen and oxygen atoms in total. The van der Waals surface area contributed by atoms with Crippen LogP contribution >= 0.6 is 0 Å². The van der Waals surface area contributed by atoms with Gasteiger partial charge in [0.2, 0.25) is 0 Å². The number of hydrogen-bond donors (Lipinski definition) is 1. The summed E-state index contributed by atoms with van der Waals surface area (Å²) in [6, 6.07) is 13.7. The van der Waals surface area contributed by atoms with Crippen molar-refractivity contribution in [2.45, 2.75) is 0 Å². The van der Waals surface area contributed by atoms with Crippen LogP contribution in [0.4, 0.5) is 0 Å². The first kappa shape index (κ1) is 11.9. The fraction of sp³-hybridized carbons (Fsp3) is 0. The number of ether oxygens (including phenoxy) is 1. The first-order valence-electron chi connectivity index (χ1n) is 5.25. The van der Waals surface area contributed by atoms with Gasteiger partial charge < -0.3 is 9.84 Å². The molecule has 2 rings (SSSR count). The van der Waals surface area contributed by atoms with Crippen LogP contribution in [0.25, 0.3) is 11.1 Å². The van der Waals surface area contributed by atoms with Crippen LogP contribution in [0.15, 0.2) is 48.5 Å². The number of carboxylic acids is 1. The fourth-order valence-electron chi connectivity index (χ4n) is 1.66. The second-order valence-electron chi connectivity index (χ2n) is 3.60. The minimum absolute atomic E-state index is 0.0755. The maximum atomic E-state index is 10.9. The van der Waals surface area contributed by atoms with Gasteiger partial charge in [-0.2, -0.15) is 0 Å². The molecule has 0 amide bonds. The van der Waals surface area contributed by atoms with Gasteiger partial charge in [0.25, 0.3) is 6.47 Å². The van der Waals surface area contributed by atoms with Gasteiger partial charge in [0.1, 0.15) is 5.75 Å². The molecular weight excluding hydrogens is 232 g/mol. The first-order valence-corrected chi connectivity index (χ1v) is 5.25. The van der Waals surface area contributed by atoms with Crippen LogP contribution in [0.3, 0.4) is 0 Å². The number of rotatable bonds is 4. The third-order valence-electron chi connectivity index (χ3n) is 2.49. The Kier molecular flexibility index (Phi) is 3.38. The highest BCUT2D eigenvalue weighted by Gasteiger charge is 2.10. The zero-order chi connectivity index (χ0) is 13.0. The average Bonchev–Trinajstić information content (AvgIpc) is 2.40. The summed E-state index contributed by atoms with van der Waals surface area (Å²) >= 11 is 0. The summed E-state index contributed by atoms with van der Waals surface area (Å²) < 4.78 is 4.84. The molecule has 0 aliphatic rings. The van der Waals surface area contributed by atoms with Gasteiger partial charge in [-0.05, 0) is 23.8 Å². The minimum Gasteiger partial charge on any atom is -0.478 e. The molecule has 18 heavy (non-hydrogen) atoms. The normalized spacial score (nSPS) is 9.78. The SMILES string of the molecule is O=COc1cc(C(=O)O)ccc1-c1ccccc1. The van der Waals surface area contributed by atoms with Crippen LogP contribution in [0.1, 0.15) is 10.4 Å². The molecule has 0 radical (unpaired) electrons. The predicted molar refractivity (Wildman–Crippen MR) is 65.5 cm³/mol. The maximum Gasteiger partial charge on any atom is 0.335 e. The number of benzene rings is 2. The summed E-state index contributed by atoms with van der Waals surface area (Å²) in [6.45, 7) is 0.285. The largest absolute Gasteiger partial charge is 0.478 e. The summed E-state index contributed by atoms with van der Waals surface area (Å²) in [4.78, 5) is 21.3. The molecule has 0 saturated carbocycles. The van der Waals surface area contributed by atoms with Crippen molar-refractivity contribution in [3.05, 3.63) is 54.1 Å². The molecule has 4 heteroatoms. The van der Waals surface area contributed by atoms with E-state index in [0.717, 1.165) is 5.56 Å². The van der Waals surface area contributed by atoms with E-state index in [0.29, 0.717) is 5.56 Å². The lowest BCUT2D eigenvalue weighted by Gasteiger charge is -2.08. The summed E-state index contributed by atoms with van der Waals surface area (Å²) in [6.07, 6.45) is 0. The molecule has 0 saturated heterocycles. The quantitative estimate of drug-likeness (QED) is 0.837. The minimum atomic E-state index is -1.06. The highest BCUT2D eigenvalue weighted by atomic mass is 16.5. The van der Waals surface area contributed by atoms with E-state index >= 15 is 0 Å². The standard InChI is InChI=1S/C14H10O4/c15-9-18-13-8-11(14(16)17)6-7-12(13)10-4-2-1-3-5-10/h1-9H,(H,16,17). The van der Waals surface area contributed by atoms with Crippen LogP contribution < -0.4 is 4.74 Å². The van der Waals surface area contributed by atoms with Crippen LogP contribution in [-0.2, 0) is 4.79 Å². The number of aromatic carboxylic acids is 1. The van der Waals surface area contributed by atoms with E-state index in [9.17, 15) is 9.59 Å². The van der Waals surface area contributed by atoms with Gasteiger partial charge >= 0.3 is 5.97 Å². The second kappa shape index (κ2) is 5.14. The van der Waals surface area contributed by atoms with Gasteiger partial charge in [-0.25, -0.2) is 4.79 Å². The number of carbonyl (C=O) groups is 2. The van der Waals surface area contributed by atoms with Crippen molar-refractivity contribution in [1.29, 1.82) is 0 Å². The van der Waals surface area contributed by atoms with Crippen molar-refractivity contribution in [3.63, 3.8) is 0 Å². The van der Waals surface area contributed by atoms with E-state index in [1.54, 1.807) is 6.07 Å². The Morgan fingerprint density at radius 3 is 2.44 bits per heavy atom. The second-order valence-corrected chi connectivity index (χ2v) is 3.60. The highest BCUT2D eigenvalue weighted by Crippen LogP contribution is 2.30. The Labute approximate surface area is 103 Å². The monoisotopic (exact) mass is 242 g/mol. The van der Waals surface area contributed by atoms with Crippen LogP contribution in [0.2, 0.25) is 0 Å². The third-order valence-corrected chi connectivity index (χ3v) is 2.49. The predicted octanol–water partition coefficient (Wildman–Crippen LogP) is 2.59. The van der Waals surface area contributed by atoms with Crippen molar-refractivity contribution < 1.29 is 19.4 Å². The number of hydrogen-bond acceptors (Lipinski definition) is 3. The van der Waals surface area contributed by atoms with Gasteiger partial charge in [0.15, 0.2) is 0 Å². The molecule has 0 fully saturated rings. The van der Waals surface area contributed by atoms with E-state index in [4.69, 9.17) is 9.84 Å². The lowest BCUT2D eigenvalue weighted by Crippen LogP contribution is -1.99. The van der Waals surface area contributed by atoms with Crippen LogP contribution in [0.5, 0.6) is 5.75 Å². The van der Waals surface area contributed by atoms with E-state index < -0.39 is 5.97 Å². The molecule has 0 aromatic heterocycles. The molecule has 0 heterocycles. The number of carboxylic acid groups (broad SMARTS) is 1. The summed E-state index contributed by atoms with van der Waals surface area (Å²) in [5.74, 6) is -0.832. The van der Waals surface area contributed by atoms with E-state index in [1.165, 1.54) is 12.1 Å². The van der Waals surface area contributed by atoms with Crippen LogP contribution in [-0.4, -0.2) is 17.5 Å². The Morgan fingerprint density at radius 1 is 1.11 bits per heavy atom. The zero-order valence-electron chi connectivity index (χ0n) is 9.37. The van der Waals surface area contributed by atoms with Gasteiger partial charge in [-0.1, -0.05) is 30.3 Å². The molecule has 0 spiro atoms. The van der Waals surface area contributed by atoms with Crippen molar-refractivity contribution >= 4 is 12.4 Å². The Balaban J connectivity index is 2.53. The Morgan fingerprint density at radius 2 is 1.83 bits per heavy atom. The van der Waals surface area contributed by atoms with Crippen molar-refractivity contribution in [1.82, 2.24) is 0 Å². The molecule has 90 valence electrons. The fourth-order valence-corrected chi connectivity index (χ4v) is 1.66. The molecule has 0 aliphatic heterocycles. The smallest absolute Gasteiger partial charge is 0.335 e. The van der Waals surface area contributed by atoms with E-state index in [1.807, 2.05) is 30.3 Å². The summed E-state index contributed by atoms with van der Waals surface area (Å²) in [5, 5.41) is 8.90. The average molecular weight is 242 g/mol. The number of carbonyl (C=O) groups excluding carboxylic acids is 1. The molecule has 0 bridgehead atoms. The van der Waals surface area contributed by atoms with Crippen molar-refractivity contribution in [2.75, 3.05) is 0 Å². The zero-order valence-corrected chi connectivity index (χ0v) is 9.37. The van der Waals surface area contributed by atoms with Crippen molar-refractivity contribution in [2.24, 2.45) is 0 Å². The summed E-state index contributed by atoms with van der Waals surface area (Å²) in [7, 11) is 0. The van der Waals surface area contributed by atoms with Gasteiger partial charge in [-0.15, -0.1) is 0 Å². The van der Waals surface area contributed by atoms with Crippen molar-refractivity contribution in [3.8, 4) is 16.9 Å². The maximum absolute atomic E-state index is 10.9. The molecular formula is C14H10O4. The summed E-state index contributed by atoms with van der Waals surface area (Å²) in [5.41, 5.74) is 1.60. The molecule has 0 unspecified atom stereocenters. The topological polar surface area (TPSA) is 63.6 Å².